The molecule has 0 unspecified atom stereocenters. The topological polar surface area (TPSA) is 43.4 Å². The minimum Gasteiger partial charge on any atom is -0.493 e. The average Bonchev–Trinajstić information content (AvgIpc) is 2.57. The van der Waals surface area contributed by atoms with Crippen molar-refractivity contribution in [1.82, 2.24) is 10.3 Å². The summed E-state index contributed by atoms with van der Waals surface area (Å²) >= 11 is 0. The van der Waals surface area contributed by atoms with Crippen molar-refractivity contribution in [2.45, 2.75) is 32.9 Å². The summed E-state index contributed by atoms with van der Waals surface area (Å²) in [5.41, 5.74) is 2.28. The third kappa shape index (κ3) is 4.74. The highest BCUT2D eigenvalue weighted by Gasteiger charge is 2.10. The van der Waals surface area contributed by atoms with Crippen LogP contribution in [0.4, 0.5) is 0 Å². The van der Waals surface area contributed by atoms with E-state index in [0.717, 1.165) is 43.0 Å². The highest BCUT2D eigenvalue weighted by atomic mass is 16.5. The van der Waals surface area contributed by atoms with E-state index in [2.05, 4.69) is 29.4 Å². The lowest BCUT2D eigenvalue weighted by molar-refractivity contribution is 0.284. The molecule has 0 atom stereocenters. The third-order valence-corrected chi connectivity index (χ3v) is 3.39. The van der Waals surface area contributed by atoms with Gasteiger partial charge in [0.2, 0.25) is 0 Å². The van der Waals surface area contributed by atoms with E-state index in [1.165, 1.54) is 5.56 Å². The van der Waals surface area contributed by atoms with Crippen molar-refractivity contribution in [3.8, 4) is 11.5 Å². The van der Waals surface area contributed by atoms with Gasteiger partial charge in [-0.1, -0.05) is 31.5 Å². The highest BCUT2D eigenvalue weighted by Crippen LogP contribution is 2.31. The molecule has 0 bridgehead atoms. The van der Waals surface area contributed by atoms with Crippen molar-refractivity contribution in [3.05, 3.63) is 53.9 Å². The molecule has 0 saturated heterocycles. The van der Waals surface area contributed by atoms with Gasteiger partial charge >= 0.3 is 0 Å². The number of methoxy groups -OCH3 is 1. The first-order chi connectivity index (χ1) is 10.8. The molecule has 0 aliphatic heterocycles. The monoisotopic (exact) mass is 300 g/mol. The van der Waals surface area contributed by atoms with Gasteiger partial charge in [-0.2, -0.15) is 0 Å². The molecule has 0 amide bonds. The maximum absolute atomic E-state index is 5.92. The SMILES string of the molecule is CCCCOc1c(CNCc2cccnc2)cccc1OC. The van der Waals surface area contributed by atoms with Crippen LogP contribution in [0.5, 0.6) is 11.5 Å². The molecule has 22 heavy (non-hydrogen) atoms. The van der Waals surface area contributed by atoms with Gasteiger partial charge in [-0.15, -0.1) is 0 Å². The fourth-order valence-electron chi connectivity index (χ4n) is 2.19. The van der Waals surface area contributed by atoms with Crippen LogP contribution in [-0.2, 0) is 13.1 Å². The Bertz CT molecular complexity index is 558. The Balaban J connectivity index is 1.99. The van der Waals surface area contributed by atoms with Crippen LogP contribution in [0.15, 0.2) is 42.7 Å². The standard InChI is InChI=1S/C18H24N2O2/c1-3-4-11-22-18-16(8-5-9-17(18)21-2)14-20-13-15-7-6-10-19-12-15/h5-10,12,20H,3-4,11,13-14H2,1-2H3. The lowest BCUT2D eigenvalue weighted by Crippen LogP contribution is -2.14. The van der Waals surface area contributed by atoms with Gasteiger partial charge in [0.15, 0.2) is 11.5 Å². The summed E-state index contributed by atoms with van der Waals surface area (Å²) in [7, 11) is 1.68. The van der Waals surface area contributed by atoms with Crippen LogP contribution in [0, 0.1) is 0 Å². The van der Waals surface area contributed by atoms with E-state index in [1.807, 2.05) is 24.4 Å². The molecule has 1 aromatic heterocycles. The molecule has 0 spiro atoms. The zero-order valence-electron chi connectivity index (χ0n) is 13.3. The number of pyridine rings is 1. The van der Waals surface area contributed by atoms with Crippen molar-refractivity contribution < 1.29 is 9.47 Å². The normalized spacial score (nSPS) is 10.5. The second-order valence-corrected chi connectivity index (χ2v) is 5.12. The maximum Gasteiger partial charge on any atom is 0.165 e. The second kappa shape index (κ2) is 9.05. The summed E-state index contributed by atoms with van der Waals surface area (Å²) in [5.74, 6) is 1.63. The summed E-state index contributed by atoms with van der Waals surface area (Å²) < 4.78 is 11.3. The fourth-order valence-corrected chi connectivity index (χ4v) is 2.19. The van der Waals surface area contributed by atoms with Crippen molar-refractivity contribution in [1.29, 1.82) is 0 Å². The fraction of sp³-hybridized carbons (Fsp3) is 0.389. The van der Waals surface area contributed by atoms with E-state index in [9.17, 15) is 0 Å². The van der Waals surface area contributed by atoms with E-state index in [-0.39, 0.29) is 0 Å². The smallest absolute Gasteiger partial charge is 0.165 e. The first kappa shape index (κ1) is 16.3. The summed E-state index contributed by atoms with van der Waals surface area (Å²) in [6.45, 7) is 4.38. The van der Waals surface area contributed by atoms with Gasteiger partial charge in [-0.3, -0.25) is 4.98 Å². The van der Waals surface area contributed by atoms with Crippen LogP contribution in [0.1, 0.15) is 30.9 Å². The number of aromatic nitrogens is 1. The van der Waals surface area contributed by atoms with E-state index in [4.69, 9.17) is 9.47 Å². The van der Waals surface area contributed by atoms with E-state index < -0.39 is 0 Å². The molecule has 0 aliphatic carbocycles. The summed E-state index contributed by atoms with van der Waals surface area (Å²) in [6, 6.07) is 10.0. The summed E-state index contributed by atoms with van der Waals surface area (Å²) in [5, 5.41) is 3.42. The first-order valence-corrected chi connectivity index (χ1v) is 7.73. The number of para-hydroxylation sites is 1. The van der Waals surface area contributed by atoms with Crippen LogP contribution in [-0.4, -0.2) is 18.7 Å². The van der Waals surface area contributed by atoms with Crippen molar-refractivity contribution in [3.63, 3.8) is 0 Å². The summed E-state index contributed by atoms with van der Waals surface area (Å²) in [4.78, 5) is 4.12. The molecule has 1 N–H and O–H groups in total. The van der Waals surface area contributed by atoms with Crippen LogP contribution in [0.25, 0.3) is 0 Å². The minimum atomic E-state index is 0.715. The quantitative estimate of drug-likeness (QED) is 0.719. The molecule has 0 saturated carbocycles. The molecule has 0 radical (unpaired) electrons. The van der Waals surface area contributed by atoms with Crippen LogP contribution < -0.4 is 14.8 Å². The average molecular weight is 300 g/mol. The van der Waals surface area contributed by atoms with Gasteiger partial charge in [-0.05, 0) is 24.1 Å². The van der Waals surface area contributed by atoms with E-state index in [1.54, 1.807) is 13.3 Å². The number of hydrogen-bond acceptors (Lipinski definition) is 4. The van der Waals surface area contributed by atoms with Crippen LogP contribution in [0.3, 0.4) is 0 Å². The zero-order chi connectivity index (χ0) is 15.6. The van der Waals surface area contributed by atoms with Crippen molar-refractivity contribution in [2.24, 2.45) is 0 Å². The minimum absolute atomic E-state index is 0.715. The number of unbranched alkanes of at least 4 members (excludes halogenated alkanes) is 1. The van der Waals surface area contributed by atoms with Crippen molar-refractivity contribution in [2.75, 3.05) is 13.7 Å². The van der Waals surface area contributed by atoms with Gasteiger partial charge in [0.1, 0.15) is 0 Å². The maximum atomic E-state index is 5.92. The number of nitrogens with one attached hydrogen (secondary N) is 1. The molecular weight excluding hydrogens is 276 g/mol. The van der Waals surface area contributed by atoms with Gasteiger partial charge in [-0.25, -0.2) is 0 Å². The third-order valence-electron chi connectivity index (χ3n) is 3.39. The lowest BCUT2D eigenvalue weighted by Gasteiger charge is -2.15. The number of benzene rings is 1. The molecule has 2 rings (SSSR count). The van der Waals surface area contributed by atoms with Crippen molar-refractivity contribution >= 4 is 0 Å². The van der Waals surface area contributed by atoms with Gasteiger partial charge in [0.25, 0.3) is 0 Å². The Morgan fingerprint density at radius 3 is 2.77 bits per heavy atom. The number of rotatable bonds is 9. The largest absolute Gasteiger partial charge is 0.493 e. The number of nitrogens with zero attached hydrogens (tertiary/aromatic N) is 1. The number of hydrogen-bond donors (Lipinski definition) is 1. The highest BCUT2D eigenvalue weighted by molar-refractivity contribution is 5.46. The Labute approximate surface area is 132 Å². The molecule has 0 fully saturated rings. The second-order valence-electron chi connectivity index (χ2n) is 5.12. The van der Waals surface area contributed by atoms with Gasteiger partial charge in [0.05, 0.1) is 13.7 Å². The number of ether oxygens (including phenoxy) is 2. The van der Waals surface area contributed by atoms with Gasteiger partial charge < -0.3 is 14.8 Å². The van der Waals surface area contributed by atoms with E-state index in [0.29, 0.717) is 6.61 Å². The molecule has 1 aromatic carbocycles. The Hall–Kier alpha value is -2.07. The predicted molar refractivity (Wildman–Crippen MR) is 88.2 cm³/mol. The Kier molecular flexibility index (Phi) is 6.71. The molecule has 4 heteroatoms. The lowest BCUT2D eigenvalue weighted by atomic mass is 10.1. The van der Waals surface area contributed by atoms with E-state index >= 15 is 0 Å². The molecule has 4 nitrogen and oxygen atoms in total. The Morgan fingerprint density at radius 2 is 2.05 bits per heavy atom. The predicted octanol–water partition coefficient (Wildman–Crippen LogP) is 3.56. The first-order valence-electron chi connectivity index (χ1n) is 7.73. The molecule has 1 heterocycles. The Morgan fingerprint density at radius 1 is 1.14 bits per heavy atom. The van der Waals surface area contributed by atoms with Crippen LogP contribution >= 0.6 is 0 Å². The summed E-state index contributed by atoms with van der Waals surface area (Å²) in [6.07, 6.45) is 5.81. The van der Waals surface area contributed by atoms with Gasteiger partial charge in [0, 0.05) is 31.0 Å². The molecular formula is C18H24N2O2. The van der Waals surface area contributed by atoms with Crippen LogP contribution in [0.2, 0.25) is 0 Å². The molecule has 2 aromatic rings. The molecule has 0 aliphatic rings. The zero-order valence-corrected chi connectivity index (χ0v) is 13.3. The molecule has 118 valence electrons.